The highest BCUT2D eigenvalue weighted by molar-refractivity contribution is 5.99. The molecule has 1 atom stereocenters. The Labute approximate surface area is 142 Å². The number of carbonyl (C=O) groups excluding carboxylic acids is 3. The van der Waals surface area contributed by atoms with Crippen molar-refractivity contribution in [1.29, 1.82) is 0 Å². The van der Waals surface area contributed by atoms with Crippen LogP contribution in [0.3, 0.4) is 0 Å². The fourth-order valence-electron chi connectivity index (χ4n) is 2.21. The summed E-state index contributed by atoms with van der Waals surface area (Å²) >= 11 is 0. The van der Waals surface area contributed by atoms with Crippen LogP contribution in [0.2, 0.25) is 0 Å². The molecule has 1 aromatic heterocycles. The fourth-order valence-corrected chi connectivity index (χ4v) is 2.21. The average molecular weight is 338 g/mol. The molecule has 0 fully saturated rings. The molecule has 1 amide bonds. The summed E-state index contributed by atoms with van der Waals surface area (Å²) in [5, 5.41) is 2.74. The van der Waals surface area contributed by atoms with Gasteiger partial charge < -0.3 is 19.8 Å². The van der Waals surface area contributed by atoms with Gasteiger partial charge in [-0.15, -0.1) is 0 Å². The molecule has 0 aromatic carbocycles. The number of esters is 2. The maximum atomic E-state index is 12.3. The minimum absolute atomic E-state index is 0.144. The standard InChI is InChI=1S/C17H26N2O5/c1-8-23-15(21)12-9(2)13(18-10(12)3)16(22)24-11(4)14(20)19-17(5,6)7/h11,18H,8H2,1-7H3,(H,19,20)/t11-/m1/s1. The molecule has 0 bridgehead atoms. The average Bonchev–Trinajstić information content (AvgIpc) is 2.72. The van der Waals surface area contributed by atoms with Crippen LogP contribution in [0.15, 0.2) is 0 Å². The summed E-state index contributed by atoms with van der Waals surface area (Å²) in [6.07, 6.45) is -0.953. The third-order valence-corrected chi connectivity index (χ3v) is 3.27. The van der Waals surface area contributed by atoms with Crippen LogP contribution in [0.25, 0.3) is 0 Å². The van der Waals surface area contributed by atoms with Crippen LogP contribution >= 0.6 is 0 Å². The number of ether oxygens (including phenoxy) is 2. The van der Waals surface area contributed by atoms with Crippen molar-refractivity contribution in [3.63, 3.8) is 0 Å². The van der Waals surface area contributed by atoms with E-state index in [0.717, 1.165) is 0 Å². The van der Waals surface area contributed by atoms with Crippen LogP contribution in [-0.2, 0) is 14.3 Å². The van der Waals surface area contributed by atoms with Crippen molar-refractivity contribution in [3.05, 3.63) is 22.5 Å². The molecule has 0 saturated heterocycles. The molecule has 1 heterocycles. The van der Waals surface area contributed by atoms with Crippen molar-refractivity contribution >= 4 is 17.8 Å². The lowest BCUT2D eigenvalue weighted by Gasteiger charge is -2.23. The third-order valence-electron chi connectivity index (χ3n) is 3.27. The lowest BCUT2D eigenvalue weighted by molar-refractivity contribution is -0.130. The Kier molecular flexibility index (Phi) is 6.17. The molecule has 0 radical (unpaired) electrons. The molecule has 0 saturated carbocycles. The maximum Gasteiger partial charge on any atom is 0.355 e. The zero-order valence-corrected chi connectivity index (χ0v) is 15.3. The fraction of sp³-hybridized carbons (Fsp3) is 0.588. The van der Waals surface area contributed by atoms with Crippen LogP contribution in [0.5, 0.6) is 0 Å². The van der Waals surface area contributed by atoms with Gasteiger partial charge in [0.05, 0.1) is 12.2 Å². The second-order valence-corrected chi connectivity index (χ2v) is 6.63. The van der Waals surface area contributed by atoms with Gasteiger partial charge in [-0.25, -0.2) is 9.59 Å². The number of carbonyl (C=O) groups is 3. The van der Waals surface area contributed by atoms with Crippen LogP contribution < -0.4 is 5.32 Å². The van der Waals surface area contributed by atoms with E-state index in [1.54, 1.807) is 20.8 Å². The van der Waals surface area contributed by atoms with Gasteiger partial charge >= 0.3 is 11.9 Å². The van der Waals surface area contributed by atoms with E-state index in [2.05, 4.69) is 10.3 Å². The monoisotopic (exact) mass is 338 g/mol. The molecule has 24 heavy (non-hydrogen) atoms. The number of hydrogen-bond acceptors (Lipinski definition) is 5. The molecule has 0 aliphatic heterocycles. The Morgan fingerprint density at radius 3 is 2.25 bits per heavy atom. The van der Waals surface area contributed by atoms with Gasteiger partial charge in [0, 0.05) is 11.2 Å². The third kappa shape index (κ3) is 4.84. The lowest BCUT2D eigenvalue weighted by Crippen LogP contribution is -2.46. The van der Waals surface area contributed by atoms with Crippen LogP contribution in [-0.4, -0.2) is 41.1 Å². The summed E-state index contributed by atoms with van der Waals surface area (Å²) in [4.78, 5) is 39.1. The van der Waals surface area contributed by atoms with Gasteiger partial charge in [0.1, 0.15) is 5.69 Å². The van der Waals surface area contributed by atoms with Crippen molar-refractivity contribution in [2.45, 2.75) is 60.1 Å². The van der Waals surface area contributed by atoms with E-state index < -0.39 is 23.6 Å². The largest absolute Gasteiger partial charge is 0.462 e. The highest BCUT2D eigenvalue weighted by Gasteiger charge is 2.27. The Balaban J connectivity index is 2.91. The molecule has 1 aromatic rings. The smallest absolute Gasteiger partial charge is 0.355 e. The lowest BCUT2D eigenvalue weighted by atomic mass is 10.1. The van der Waals surface area contributed by atoms with E-state index in [1.165, 1.54) is 6.92 Å². The van der Waals surface area contributed by atoms with E-state index in [0.29, 0.717) is 16.8 Å². The minimum Gasteiger partial charge on any atom is -0.462 e. The molecule has 7 heteroatoms. The van der Waals surface area contributed by atoms with Crippen molar-refractivity contribution in [2.75, 3.05) is 6.61 Å². The van der Waals surface area contributed by atoms with Gasteiger partial charge in [-0.05, 0) is 54.0 Å². The van der Waals surface area contributed by atoms with E-state index in [1.807, 2.05) is 20.8 Å². The number of hydrogen-bond donors (Lipinski definition) is 2. The summed E-state index contributed by atoms with van der Waals surface area (Å²) in [6.45, 7) is 12.3. The number of H-pyrrole nitrogens is 1. The number of aromatic nitrogens is 1. The van der Waals surface area contributed by atoms with Gasteiger partial charge in [0.25, 0.3) is 5.91 Å². The van der Waals surface area contributed by atoms with Gasteiger partial charge in [-0.2, -0.15) is 0 Å². The number of aryl methyl sites for hydroxylation is 1. The van der Waals surface area contributed by atoms with E-state index in [-0.39, 0.29) is 18.2 Å². The van der Waals surface area contributed by atoms with Crippen LogP contribution in [0.4, 0.5) is 0 Å². The molecule has 2 N–H and O–H groups in total. The molecule has 134 valence electrons. The van der Waals surface area contributed by atoms with Gasteiger partial charge in [0.15, 0.2) is 6.10 Å². The number of rotatable bonds is 5. The number of nitrogens with one attached hydrogen (secondary N) is 2. The second kappa shape index (κ2) is 7.51. The highest BCUT2D eigenvalue weighted by atomic mass is 16.5. The number of aromatic amines is 1. The summed E-state index contributed by atoms with van der Waals surface area (Å²) in [5.41, 5.74) is 0.999. The molecule has 7 nitrogen and oxygen atoms in total. The molecule has 0 aliphatic carbocycles. The molecule has 0 spiro atoms. The zero-order valence-electron chi connectivity index (χ0n) is 15.3. The van der Waals surface area contributed by atoms with Crippen LogP contribution in [0.1, 0.15) is 66.7 Å². The van der Waals surface area contributed by atoms with E-state index in [9.17, 15) is 14.4 Å². The quantitative estimate of drug-likeness (QED) is 0.803. The zero-order chi connectivity index (χ0) is 18.7. The Morgan fingerprint density at radius 1 is 1.17 bits per heavy atom. The topological polar surface area (TPSA) is 97.5 Å². The first-order chi connectivity index (χ1) is 11.0. The Bertz CT molecular complexity index is 640. The van der Waals surface area contributed by atoms with Crippen LogP contribution in [0, 0.1) is 13.8 Å². The van der Waals surface area contributed by atoms with Gasteiger partial charge in [0.2, 0.25) is 0 Å². The summed E-state index contributed by atoms with van der Waals surface area (Å²) in [6, 6.07) is 0. The SMILES string of the molecule is CCOC(=O)c1c(C)[nH]c(C(=O)O[C@H](C)C(=O)NC(C)(C)C)c1C. The molecular weight excluding hydrogens is 312 g/mol. The van der Waals surface area contributed by atoms with Gasteiger partial charge in [-0.1, -0.05) is 0 Å². The van der Waals surface area contributed by atoms with Crippen molar-refractivity contribution in [1.82, 2.24) is 10.3 Å². The summed E-state index contributed by atoms with van der Waals surface area (Å²) in [7, 11) is 0. The Hall–Kier alpha value is -2.31. The summed E-state index contributed by atoms with van der Waals surface area (Å²) in [5.74, 6) is -1.58. The van der Waals surface area contributed by atoms with E-state index >= 15 is 0 Å². The molecular formula is C17H26N2O5. The number of amides is 1. The van der Waals surface area contributed by atoms with Gasteiger partial charge in [-0.3, -0.25) is 4.79 Å². The summed E-state index contributed by atoms with van der Waals surface area (Å²) < 4.78 is 10.2. The predicted molar refractivity (Wildman–Crippen MR) is 89.0 cm³/mol. The first-order valence-electron chi connectivity index (χ1n) is 7.87. The molecule has 0 unspecified atom stereocenters. The molecule has 1 rings (SSSR count). The molecule has 0 aliphatic rings. The van der Waals surface area contributed by atoms with E-state index in [4.69, 9.17) is 9.47 Å². The first-order valence-corrected chi connectivity index (χ1v) is 7.87. The minimum atomic E-state index is -0.953. The van der Waals surface area contributed by atoms with Crippen molar-refractivity contribution < 1.29 is 23.9 Å². The first kappa shape index (κ1) is 19.7. The predicted octanol–water partition coefficient (Wildman–Crippen LogP) is 2.27. The Morgan fingerprint density at radius 2 is 1.75 bits per heavy atom. The van der Waals surface area contributed by atoms with Crippen molar-refractivity contribution in [3.8, 4) is 0 Å². The highest BCUT2D eigenvalue weighted by Crippen LogP contribution is 2.20. The van der Waals surface area contributed by atoms with Crippen molar-refractivity contribution in [2.24, 2.45) is 0 Å². The normalized spacial score (nSPS) is 12.5. The second-order valence-electron chi connectivity index (χ2n) is 6.63. The maximum absolute atomic E-state index is 12.3.